The van der Waals surface area contributed by atoms with E-state index in [1.54, 1.807) is 0 Å². The third-order valence-corrected chi connectivity index (χ3v) is 2.82. The van der Waals surface area contributed by atoms with Gasteiger partial charge in [0, 0.05) is 24.8 Å². The van der Waals surface area contributed by atoms with Gasteiger partial charge in [-0.1, -0.05) is 0 Å². The molecule has 1 aromatic rings. The molecule has 5 heteroatoms. The third kappa shape index (κ3) is 2.40. The van der Waals surface area contributed by atoms with Crippen molar-refractivity contribution in [1.82, 2.24) is 0 Å². The van der Waals surface area contributed by atoms with E-state index in [2.05, 4.69) is 0 Å². The van der Waals surface area contributed by atoms with Gasteiger partial charge in [0.05, 0.1) is 6.07 Å². The maximum Gasteiger partial charge on any atom is 0.339 e. The summed E-state index contributed by atoms with van der Waals surface area (Å²) in [5, 5.41) is 9.21. The highest BCUT2D eigenvalue weighted by Crippen LogP contribution is 2.41. The molecule has 0 spiro atoms. The molecule has 1 unspecified atom stereocenters. The van der Waals surface area contributed by atoms with Crippen LogP contribution >= 0.6 is 0 Å². The molecule has 1 heterocycles. The Kier molecular flexibility index (Phi) is 2.69. The maximum atomic E-state index is 13.2. The predicted molar refractivity (Wildman–Crippen MR) is 52.8 cm³/mol. The molecular weight excluding hydrogens is 218 g/mol. The molecule has 1 aliphatic rings. The van der Waals surface area contributed by atoms with Crippen LogP contribution in [-0.4, -0.2) is 11.0 Å². The van der Waals surface area contributed by atoms with Crippen molar-refractivity contribution in [2.24, 2.45) is 0 Å². The summed E-state index contributed by atoms with van der Waals surface area (Å²) in [5.41, 5.74) is -0.705. The average Bonchev–Trinajstić information content (AvgIpc) is 2.14. The van der Waals surface area contributed by atoms with E-state index in [4.69, 9.17) is 4.42 Å². The lowest BCUT2D eigenvalue weighted by Gasteiger charge is -2.27. The van der Waals surface area contributed by atoms with Crippen LogP contribution in [0.25, 0.3) is 0 Å². The quantitative estimate of drug-likeness (QED) is 0.806. The average molecular weight is 230 g/mol. The van der Waals surface area contributed by atoms with Crippen LogP contribution in [0.4, 0.5) is 8.78 Å². The standard InChI is InChI=1S/C11H12F2O3/c12-11(13)3-1-2-7(6-11)9-4-8(14)5-10(15)16-9/h4-5,7,14H,1-3,6H2. The molecule has 1 fully saturated rings. The minimum Gasteiger partial charge on any atom is -0.508 e. The first-order valence-electron chi connectivity index (χ1n) is 5.18. The first kappa shape index (κ1) is 11.1. The molecular formula is C11H12F2O3. The Morgan fingerprint density at radius 1 is 1.44 bits per heavy atom. The maximum absolute atomic E-state index is 13.2. The molecule has 0 aromatic carbocycles. The fourth-order valence-electron chi connectivity index (χ4n) is 2.10. The minimum absolute atomic E-state index is 0.119. The normalized spacial score (nSPS) is 24.2. The van der Waals surface area contributed by atoms with Crippen LogP contribution in [0.15, 0.2) is 21.3 Å². The monoisotopic (exact) mass is 230 g/mol. The molecule has 2 rings (SSSR count). The van der Waals surface area contributed by atoms with Crippen molar-refractivity contribution in [2.45, 2.75) is 37.5 Å². The van der Waals surface area contributed by atoms with E-state index < -0.39 is 17.5 Å². The molecule has 1 aliphatic carbocycles. The number of aromatic hydroxyl groups is 1. The molecule has 0 aliphatic heterocycles. The smallest absolute Gasteiger partial charge is 0.339 e. The van der Waals surface area contributed by atoms with E-state index in [1.165, 1.54) is 6.07 Å². The summed E-state index contributed by atoms with van der Waals surface area (Å²) < 4.78 is 31.2. The van der Waals surface area contributed by atoms with Crippen molar-refractivity contribution in [3.05, 3.63) is 28.3 Å². The van der Waals surface area contributed by atoms with E-state index in [9.17, 15) is 18.7 Å². The molecule has 1 atom stereocenters. The lowest BCUT2D eigenvalue weighted by atomic mass is 9.85. The highest BCUT2D eigenvalue weighted by Gasteiger charge is 2.37. The summed E-state index contributed by atoms with van der Waals surface area (Å²) in [6, 6.07) is 2.16. The van der Waals surface area contributed by atoms with Crippen LogP contribution in [0.2, 0.25) is 0 Å². The van der Waals surface area contributed by atoms with Crippen molar-refractivity contribution in [1.29, 1.82) is 0 Å². The van der Waals surface area contributed by atoms with Gasteiger partial charge in [-0.3, -0.25) is 0 Å². The second-order valence-corrected chi connectivity index (χ2v) is 4.19. The Bertz CT molecular complexity index is 439. The van der Waals surface area contributed by atoms with Crippen molar-refractivity contribution < 1.29 is 18.3 Å². The first-order chi connectivity index (χ1) is 7.46. The molecule has 3 nitrogen and oxygen atoms in total. The summed E-state index contributed by atoms with van der Waals surface area (Å²) in [5.74, 6) is -3.26. The van der Waals surface area contributed by atoms with Crippen LogP contribution in [0.5, 0.6) is 5.75 Å². The fraction of sp³-hybridized carbons (Fsp3) is 0.545. The first-order valence-corrected chi connectivity index (χ1v) is 5.18. The highest BCUT2D eigenvalue weighted by molar-refractivity contribution is 5.21. The van der Waals surface area contributed by atoms with E-state index in [-0.39, 0.29) is 24.4 Å². The SMILES string of the molecule is O=c1cc(O)cc(C2CCCC(F)(F)C2)o1. The highest BCUT2D eigenvalue weighted by atomic mass is 19.3. The van der Waals surface area contributed by atoms with Gasteiger partial charge in [0.1, 0.15) is 11.5 Å². The van der Waals surface area contributed by atoms with Gasteiger partial charge >= 0.3 is 5.63 Å². The van der Waals surface area contributed by atoms with Crippen molar-refractivity contribution >= 4 is 0 Å². The van der Waals surface area contributed by atoms with Crippen LogP contribution in [0, 0.1) is 0 Å². The fourth-order valence-corrected chi connectivity index (χ4v) is 2.10. The predicted octanol–water partition coefficient (Wildman–Crippen LogP) is 2.64. The van der Waals surface area contributed by atoms with Gasteiger partial charge in [0.2, 0.25) is 5.92 Å². The second kappa shape index (κ2) is 3.88. The van der Waals surface area contributed by atoms with E-state index in [1.807, 2.05) is 0 Å². The summed E-state index contributed by atoms with van der Waals surface area (Å²) in [4.78, 5) is 11.0. The van der Waals surface area contributed by atoms with Gasteiger partial charge < -0.3 is 9.52 Å². The zero-order chi connectivity index (χ0) is 11.8. The van der Waals surface area contributed by atoms with Crippen LogP contribution in [0.3, 0.4) is 0 Å². The lowest BCUT2D eigenvalue weighted by molar-refractivity contribution is -0.0432. The summed E-state index contributed by atoms with van der Waals surface area (Å²) in [6.07, 6.45) is 0.519. The molecule has 88 valence electrons. The van der Waals surface area contributed by atoms with Gasteiger partial charge in [-0.2, -0.15) is 0 Å². The number of hydrogen-bond donors (Lipinski definition) is 1. The molecule has 16 heavy (non-hydrogen) atoms. The third-order valence-electron chi connectivity index (χ3n) is 2.82. The van der Waals surface area contributed by atoms with Gasteiger partial charge in [-0.25, -0.2) is 13.6 Å². The van der Waals surface area contributed by atoms with Gasteiger partial charge in [0.25, 0.3) is 0 Å². The number of hydrogen-bond acceptors (Lipinski definition) is 3. The Labute approximate surface area is 90.7 Å². The van der Waals surface area contributed by atoms with Gasteiger partial charge in [-0.15, -0.1) is 0 Å². The largest absolute Gasteiger partial charge is 0.508 e. The Hall–Kier alpha value is -1.39. The summed E-state index contributed by atoms with van der Waals surface area (Å²) in [6.45, 7) is 0. The summed E-state index contributed by atoms with van der Waals surface area (Å²) >= 11 is 0. The van der Waals surface area contributed by atoms with Gasteiger partial charge in [0.15, 0.2) is 0 Å². The van der Waals surface area contributed by atoms with Gasteiger partial charge in [-0.05, 0) is 12.8 Å². The molecule has 0 radical (unpaired) electrons. The Morgan fingerprint density at radius 2 is 2.19 bits per heavy atom. The number of rotatable bonds is 1. The molecule has 1 N–H and O–H groups in total. The van der Waals surface area contributed by atoms with E-state index in [0.717, 1.165) is 6.07 Å². The lowest BCUT2D eigenvalue weighted by Crippen LogP contribution is -2.25. The van der Waals surface area contributed by atoms with Crippen LogP contribution < -0.4 is 5.63 Å². The number of alkyl halides is 2. The zero-order valence-electron chi connectivity index (χ0n) is 8.58. The van der Waals surface area contributed by atoms with Crippen molar-refractivity contribution in [2.75, 3.05) is 0 Å². The Morgan fingerprint density at radius 3 is 2.81 bits per heavy atom. The number of halogens is 2. The van der Waals surface area contributed by atoms with Crippen molar-refractivity contribution in [3.8, 4) is 5.75 Å². The minimum atomic E-state index is -2.70. The summed E-state index contributed by atoms with van der Waals surface area (Å²) in [7, 11) is 0. The van der Waals surface area contributed by atoms with Crippen LogP contribution in [0.1, 0.15) is 37.4 Å². The van der Waals surface area contributed by atoms with Crippen molar-refractivity contribution in [3.63, 3.8) is 0 Å². The van der Waals surface area contributed by atoms with E-state index >= 15 is 0 Å². The zero-order valence-corrected chi connectivity index (χ0v) is 8.58. The Balaban J connectivity index is 2.27. The molecule has 0 bridgehead atoms. The molecule has 0 amide bonds. The second-order valence-electron chi connectivity index (χ2n) is 4.19. The van der Waals surface area contributed by atoms with Crippen LogP contribution in [-0.2, 0) is 0 Å². The molecule has 0 saturated heterocycles. The topological polar surface area (TPSA) is 50.4 Å². The van der Waals surface area contributed by atoms with E-state index in [0.29, 0.717) is 12.8 Å². The molecule has 1 saturated carbocycles. The molecule has 1 aromatic heterocycles.